The number of amides is 2. The largest absolute Gasteiger partial charge is 0.340 e. The van der Waals surface area contributed by atoms with Gasteiger partial charge in [0.25, 0.3) is 0 Å². The molecule has 1 N–H and O–H groups in total. The Bertz CT molecular complexity index is 616. The van der Waals surface area contributed by atoms with Crippen LogP contribution in [0.25, 0.3) is 0 Å². The highest BCUT2D eigenvalue weighted by molar-refractivity contribution is 6.31. The molecule has 1 aromatic carbocycles. The molecular weight excluding hydrogens is 333 g/mol. The molecule has 7 heteroatoms. The lowest BCUT2D eigenvalue weighted by atomic mass is 10.1. The quantitative estimate of drug-likeness (QED) is 0.903. The highest BCUT2D eigenvalue weighted by Gasteiger charge is 2.28. The van der Waals surface area contributed by atoms with E-state index >= 15 is 0 Å². The average Bonchev–Trinajstić information content (AvgIpc) is 2.56. The van der Waals surface area contributed by atoms with E-state index in [2.05, 4.69) is 5.32 Å². The highest BCUT2D eigenvalue weighted by Crippen LogP contribution is 2.20. The lowest BCUT2D eigenvalue weighted by Gasteiger charge is -2.38. The number of hydrogen-bond donors (Lipinski definition) is 1. The maximum Gasteiger partial charge on any atom is 0.241 e. The van der Waals surface area contributed by atoms with Crippen molar-refractivity contribution in [3.63, 3.8) is 0 Å². The molecule has 0 bridgehead atoms. The number of rotatable bonds is 4. The normalized spacial score (nSPS) is 17.0. The molecule has 0 radical (unpaired) electrons. The number of nitrogens with zero attached hydrogens (tertiary/aromatic N) is 2. The van der Waals surface area contributed by atoms with E-state index in [4.69, 9.17) is 11.6 Å². The third-order valence-corrected chi connectivity index (χ3v) is 4.52. The number of piperazine rings is 1. The minimum Gasteiger partial charge on any atom is -0.340 e. The molecule has 0 aromatic heterocycles. The Labute approximate surface area is 146 Å². The first-order valence-corrected chi connectivity index (χ1v) is 8.46. The van der Waals surface area contributed by atoms with Crippen molar-refractivity contribution >= 4 is 29.1 Å². The number of halogens is 2. The smallest absolute Gasteiger partial charge is 0.241 e. The standard InChI is InChI=1S/C17H23ClFN3O2/c1-11(2)17(24)22-8-6-21(7-9-22)12(3)16(23)20-13-4-5-15(19)14(18)10-13/h4-5,10-12H,6-9H2,1-3H3,(H,20,23)/t12-/m0/s1. The maximum atomic E-state index is 13.2. The van der Waals surface area contributed by atoms with Crippen LogP contribution in [0.2, 0.25) is 5.02 Å². The third-order valence-electron chi connectivity index (χ3n) is 4.23. The summed E-state index contributed by atoms with van der Waals surface area (Å²) in [5.41, 5.74) is 0.465. The van der Waals surface area contributed by atoms with Gasteiger partial charge in [0.05, 0.1) is 11.1 Å². The molecule has 2 rings (SSSR count). The zero-order valence-corrected chi connectivity index (χ0v) is 14.9. The van der Waals surface area contributed by atoms with E-state index in [9.17, 15) is 14.0 Å². The van der Waals surface area contributed by atoms with Gasteiger partial charge in [-0.15, -0.1) is 0 Å². The van der Waals surface area contributed by atoms with Gasteiger partial charge >= 0.3 is 0 Å². The van der Waals surface area contributed by atoms with Crippen molar-refractivity contribution in [3.8, 4) is 0 Å². The van der Waals surface area contributed by atoms with Gasteiger partial charge in [-0.25, -0.2) is 4.39 Å². The van der Waals surface area contributed by atoms with E-state index in [1.54, 1.807) is 0 Å². The SMILES string of the molecule is CC(C)C(=O)N1CCN([C@@H](C)C(=O)Nc2ccc(F)c(Cl)c2)CC1. The van der Waals surface area contributed by atoms with E-state index < -0.39 is 5.82 Å². The Morgan fingerprint density at radius 1 is 1.17 bits per heavy atom. The second-order valence-electron chi connectivity index (χ2n) is 6.31. The summed E-state index contributed by atoms with van der Waals surface area (Å²) in [6.07, 6.45) is 0. The molecule has 0 spiro atoms. The van der Waals surface area contributed by atoms with E-state index in [-0.39, 0.29) is 28.8 Å². The predicted octanol–water partition coefficient (Wildman–Crippen LogP) is 2.61. The van der Waals surface area contributed by atoms with Crippen molar-refractivity contribution in [2.75, 3.05) is 31.5 Å². The molecule has 0 saturated carbocycles. The van der Waals surface area contributed by atoms with Crippen LogP contribution in [-0.2, 0) is 9.59 Å². The number of carbonyl (C=O) groups is 2. The van der Waals surface area contributed by atoms with Crippen LogP contribution in [0.1, 0.15) is 20.8 Å². The minimum absolute atomic E-state index is 0.0134. The van der Waals surface area contributed by atoms with Gasteiger partial charge < -0.3 is 10.2 Å². The summed E-state index contributed by atoms with van der Waals surface area (Å²) < 4.78 is 13.2. The van der Waals surface area contributed by atoms with Gasteiger partial charge in [0.1, 0.15) is 5.82 Å². The van der Waals surface area contributed by atoms with Crippen LogP contribution in [-0.4, -0.2) is 53.8 Å². The zero-order valence-electron chi connectivity index (χ0n) is 14.2. The molecule has 132 valence electrons. The summed E-state index contributed by atoms with van der Waals surface area (Å²) in [4.78, 5) is 28.2. The minimum atomic E-state index is -0.520. The molecule has 1 aliphatic heterocycles. The van der Waals surface area contributed by atoms with Gasteiger partial charge in [0.15, 0.2) is 0 Å². The zero-order chi connectivity index (χ0) is 17.9. The Balaban J connectivity index is 1.90. The van der Waals surface area contributed by atoms with Crippen molar-refractivity contribution in [3.05, 3.63) is 29.0 Å². The van der Waals surface area contributed by atoms with Crippen LogP contribution in [0, 0.1) is 11.7 Å². The van der Waals surface area contributed by atoms with E-state index in [1.165, 1.54) is 18.2 Å². The molecule has 1 aliphatic rings. The highest BCUT2D eigenvalue weighted by atomic mass is 35.5. The molecule has 1 heterocycles. The van der Waals surface area contributed by atoms with E-state index in [0.717, 1.165) is 0 Å². The molecule has 24 heavy (non-hydrogen) atoms. The van der Waals surface area contributed by atoms with Gasteiger partial charge in [-0.3, -0.25) is 14.5 Å². The Morgan fingerprint density at radius 2 is 1.79 bits per heavy atom. The molecule has 1 atom stereocenters. The number of nitrogens with one attached hydrogen (secondary N) is 1. The Hall–Kier alpha value is -1.66. The van der Waals surface area contributed by atoms with Crippen LogP contribution in [0.15, 0.2) is 18.2 Å². The van der Waals surface area contributed by atoms with Crippen LogP contribution >= 0.6 is 11.6 Å². The second kappa shape index (κ2) is 7.94. The monoisotopic (exact) mass is 355 g/mol. The molecule has 1 saturated heterocycles. The summed E-state index contributed by atoms with van der Waals surface area (Å²) in [5, 5.41) is 2.72. The van der Waals surface area contributed by atoms with Crippen LogP contribution in [0.5, 0.6) is 0 Å². The van der Waals surface area contributed by atoms with Crippen molar-refractivity contribution in [2.45, 2.75) is 26.8 Å². The van der Waals surface area contributed by atoms with Gasteiger partial charge in [0.2, 0.25) is 11.8 Å². The van der Waals surface area contributed by atoms with Crippen molar-refractivity contribution in [1.82, 2.24) is 9.80 Å². The fourth-order valence-corrected chi connectivity index (χ4v) is 2.86. The van der Waals surface area contributed by atoms with Crippen molar-refractivity contribution in [2.24, 2.45) is 5.92 Å². The summed E-state index contributed by atoms with van der Waals surface area (Å²) in [6.45, 7) is 8.14. The average molecular weight is 356 g/mol. The molecule has 2 amide bonds. The number of benzene rings is 1. The van der Waals surface area contributed by atoms with Crippen molar-refractivity contribution < 1.29 is 14.0 Å². The molecule has 1 aromatic rings. The van der Waals surface area contributed by atoms with Crippen LogP contribution in [0.4, 0.5) is 10.1 Å². The number of anilines is 1. The molecule has 5 nitrogen and oxygen atoms in total. The molecule has 0 unspecified atom stereocenters. The molecule has 1 fully saturated rings. The first-order valence-electron chi connectivity index (χ1n) is 8.08. The fourth-order valence-electron chi connectivity index (χ4n) is 2.68. The number of hydrogen-bond acceptors (Lipinski definition) is 3. The van der Waals surface area contributed by atoms with Gasteiger partial charge in [0, 0.05) is 37.8 Å². The lowest BCUT2D eigenvalue weighted by Crippen LogP contribution is -2.54. The van der Waals surface area contributed by atoms with Crippen molar-refractivity contribution in [1.29, 1.82) is 0 Å². The maximum absolute atomic E-state index is 13.2. The van der Waals surface area contributed by atoms with Gasteiger partial charge in [-0.1, -0.05) is 25.4 Å². The summed E-state index contributed by atoms with van der Waals surface area (Å²) in [7, 11) is 0. The van der Waals surface area contributed by atoms with Gasteiger partial charge in [-0.05, 0) is 25.1 Å². The molecular formula is C17H23ClFN3O2. The topological polar surface area (TPSA) is 52.7 Å². The predicted molar refractivity (Wildman–Crippen MR) is 92.5 cm³/mol. The fraction of sp³-hybridized carbons (Fsp3) is 0.529. The Morgan fingerprint density at radius 3 is 2.33 bits per heavy atom. The third kappa shape index (κ3) is 4.45. The molecule has 0 aliphatic carbocycles. The Kier molecular flexibility index (Phi) is 6.18. The second-order valence-corrected chi connectivity index (χ2v) is 6.72. The first kappa shape index (κ1) is 18.7. The number of carbonyl (C=O) groups excluding carboxylic acids is 2. The van der Waals surface area contributed by atoms with Crippen LogP contribution < -0.4 is 5.32 Å². The van der Waals surface area contributed by atoms with Crippen LogP contribution in [0.3, 0.4) is 0 Å². The van der Waals surface area contributed by atoms with E-state index in [0.29, 0.717) is 31.9 Å². The first-order chi connectivity index (χ1) is 11.3. The van der Waals surface area contributed by atoms with Gasteiger partial charge in [-0.2, -0.15) is 0 Å². The summed E-state index contributed by atoms with van der Waals surface area (Å²) in [6, 6.07) is 3.75. The van der Waals surface area contributed by atoms with E-state index in [1.807, 2.05) is 30.6 Å². The lowest BCUT2D eigenvalue weighted by molar-refractivity contribution is -0.136. The summed E-state index contributed by atoms with van der Waals surface area (Å²) >= 11 is 5.72. The summed E-state index contributed by atoms with van der Waals surface area (Å²) in [5.74, 6) is -0.567.